The Morgan fingerprint density at radius 2 is 2.03 bits per heavy atom. The molecule has 0 spiro atoms. The zero-order chi connectivity index (χ0) is 22.0. The van der Waals surface area contributed by atoms with E-state index in [-0.39, 0.29) is 36.6 Å². The molecule has 14 heteroatoms. The van der Waals surface area contributed by atoms with E-state index >= 15 is 0 Å². The number of sulfonamides is 1. The molecule has 0 radical (unpaired) electrons. The molecule has 1 atom stereocenters. The second-order valence-electron chi connectivity index (χ2n) is 7.35. The lowest BCUT2D eigenvalue weighted by Crippen LogP contribution is -2.55. The summed E-state index contributed by atoms with van der Waals surface area (Å²) in [5.41, 5.74) is 4.90. The Bertz CT molecular complexity index is 884. The number of hydrogen-bond acceptors (Lipinski definition) is 8. The van der Waals surface area contributed by atoms with Gasteiger partial charge in [-0.05, 0) is 55.6 Å². The number of nitrogens with two attached hydrogens (primary N) is 1. The lowest BCUT2D eigenvalue weighted by molar-refractivity contribution is 0.00420. The molecule has 1 aliphatic rings. The van der Waals surface area contributed by atoms with Crippen molar-refractivity contribution in [2.45, 2.75) is 50.2 Å². The monoisotopic (exact) mass is 512 g/mol. The summed E-state index contributed by atoms with van der Waals surface area (Å²) in [4.78, 5) is 18.2. The van der Waals surface area contributed by atoms with E-state index in [0.717, 1.165) is 5.01 Å². The number of hydrazine groups is 1. The number of piperidine rings is 1. The highest BCUT2D eigenvalue weighted by molar-refractivity contribution is 9.10. The Balaban J connectivity index is 2.15. The minimum atomic E-state index is -3.90. The van der Waals surface area contributed by atoms with Gasteiger partial charge in [0.15, 0.2) is 0 Å². The quantitative estimate of drug-likeness (QED) is 0.438. The summed E-state index contributed by atoms with van der Waals surface area (Å²) < 4.78 is 55.0. The van der Waals surface area contributed by atoms with Crippen molar-refractivity contribution >= 4 is 49.1 Å². The van der Waals surface area contributed by atoms with Gasteiger partial charge in [-0.25, -0.2) is 23.2 Å². The van der Waals surface area contributed by atoms with Gasteiger partial charge in [-0.2, -0.15) is 9.14 Å². The first-order valence-corrected chi connectivity index (χ1v) is 11.9. The first-order chi connectivity index (χ1) is 13.3. The summed E-state index contributed by atoms with van der Waals surface area (Å²) in [5, 5.41) is 0.882. The Hall–Kier alpha value is -1.32. The maximum absolute atomic E-state index is 12.9. The van der Waals surface area contributed by atoms with Crippen LogP contribution in [0.4, 0.5) is 10.6 Å². The molecule has 29 heavy (non-hydrogen) atoms. The van der Waals surface area contributed by atoms with Crippen molar-refractivity contribution in [2.24, 2.45) is 0 Å². The second-order valence-corrected chi connectivity index (χ2v) is 10.8. The predicted molar refractivity (Wildman–Crippen MR) is 108 cm³/mol. The zero-order valence-corrected chi connectivity index (χ0v) is 19.3. The third kappa shape index (κ3) is 6.33. The molecule has 1 unspecified atom stereocenters. The van der Waals surface area contributed by atoms with Crippen LogP contribution in [0.5, 0.6) is 0 Å². The van der Waals surface area contributed by atoms with E-state index in [4.69, 9.17) is 10.5 Å². The molecule has 0 saturated carbocycles. The van der Waals surface area contributed by atoms with E-state index in [1.807, 2.05) is 4.83 Å². The molecule has 11 nitrogen and oxygen atoms in total. The minimum Gasteiger partial charge on any atom is -0.759 e. The molecule has 1 amide bonds. The average Bonchev–Trinajstić information content (AvgIpc) is 2.60. The first-order valence-electron chi connectivity index (χ1n) is 8.60. The average molecular weight is 513 g/mol. The van der Waals surface area contributed by atoms with Crippen molar-refractivity contribution in [1.29, 1.82) is 0 Å². The highest BCUT2D eigenvalue weighted by Crippen LogP contribution is 2.27. The molecule has 1 aromatic heterocycles. The van der Waals surface area contributed by atoms with Crippen LogP contribution in [0.3, 0.4) is 0 Å². The van der Waals surface area contributed by atoms with Crippen LogP contribution >= 0.6 is 15.9 Å². The molecule has 1 saturated heterocycles. The minimum absolute atomic E-state index is 0.0609. The number of nitrogens with one attached hydrogen (secondary N) is 1. The Morgan fingerprint density at radius 3 is 2.55 bits per heavy atom. The fourth-order valence-electron chi connectivity index (χ4n) is 2.77. The molecule has 3 N–H and O–H groups in total. The number of hydrogen-bond donors (Lipinski definition) is 2. The van der Waals surface area contributed by atoms with Gasteiger partial charge in [-0.3, -0.25) is 4.21 Å². The van der Waals surface area contributed by atoms with Gasteiger partial charge in [0.05, 0.1) is 6.04 Å². The van der Waals surface area contributed by atoms with Crippen molar-refractivity contribution in [3.8, 4) is 0 Å². The predicted octanol–water partition coefficient (Wildman–Crippen LogP) is 1.12. The number of halogens is 1. The van der Waals surface area contributed by atoms with E-state index in [0.29, 0.717) is 4.47 Å². The number of pyridine rings is 1. The molecule has 0 bridgehead atoms. The van der Waals surface area contributed by atoms with Crippen molar-refractivity contribution in [3.63, 3.8) is 0 Å². The van der Waals surface area contributed by atoms with Crippen LogP contribution in [0.1, 0.15) is 33.6 Å². The van der Waals surface area contributed by atoms with Gasteiger partial charge in [-0.15, -0.1) is 0 Å². The highest BCUT2D eigenvalue weighted by atomic mass is 79.9. The van der Waals surface area contributed by atoms with Crippen LogP contribution in [0, 0.1) is 0 Å². The van der Waals surface area contributed by atoms with Crippen molar-refractivity contribution in [2.75, 3.05) is 18.8 Å². The number of carbonyl (C=O) groups excluding carboxylic acids is 1. The Labute approximate surface area is 180 Å². The molecule has 164 valence electrons. The summed E-state index contributed by atoms with van der Waals surface area (Å²) in [5.74, 6) is -0.117. The van der Waals surface area contributed by atoms with E-state index in [1.165, 1.54) is 16.6 Å². The van der Waals surface area contributed by atoms with Gasteiger partial charge in [0, 0.05) is 35.0 Å². The lowest BCUT2D eigenvalue weighted by atomic mass is 10.1. The van der Waals surface area contributed by atoms with Gasteiger partial charge < -0.3 is 15.0 Å². The smallest absolute Gasteiger partial charge is 0.425 e. The second kappa shape index (κ2) is 9.22. The molecule has 2 heterocycles. The number of amides is 1. The van der Waals surface area contributed by atoms with Crippen LogP contribution in [-0.2, 0) is 26.0 Å². The number of ether oxygens (including phenoxy) is 1. The molecule has 1 aromatic rings. The van der Waals surface area contributed by atoms with Gasteiger partial charge in [0.1, 0.15) is 16.3 Å². The number of nitrogen functional groups attached to an aromatic ring is 1. The highest BCUT2D eigenvalue weighted by Gasteiger charge is 2.36. The maximum Gasteiger partial charge on any atom is 0.425 e. The SMILES string of the molecule is CC(C)(C)OC(=O)N(NS(=O)[O-])C1CCN(S(=O)(=O)c2cc(Br)cnc2N)CC1. The number of aromatic nitrogens is 1. The van der Waals surface area contributed by atoms with Crippen LogP contribution < -0.4 is 10.6 Å². The Kier molecular flexibility index (Phi) is 7.62. The van der Waals surface area contributed by atoms with Crippen LogP contribution in [0.25, 0.3) is 0 Å². The number of anilines is 1. The molecule has 0 aromatic carbocycles. The van der Waals surface area contributed by atoms with Gasteiger partial charge >= 0.3 is 6.09 Å². The van der Waals surface area contributed by atoms with Gasteiger partial charge in [0.25, 0.3) is 0 Å². The standard InChI is InChI=1S/C15H24BrN5O6S2/c1-15(2,3)27-14(22)21(19-28(23)24)11-4-6-20(7-5-11)29(25,26)12-8-10(16)9-18-13(12)17/h8-9,11,19H,4-7H2,1-3H3,(H2,17,18)(H,23,24)/p-1. The molecular formula is C15H23BrN5O6S2-. The summed E-state index contributed by atoms with van der Waals surface area (Å²) in [6, 6.07) is 0.797. The molecule has 1 fully saturated rings. The fraction of sp³-hybridized carbons (Fsp3) is 0.600. The number of rotatable bonds is 5. The molecule has 2 rings (SSSR count). The van der Waals surface area contributed by atoms with Crippen LogP contribution in [0.15, 0.2) is 21.6 Å². The lowest BCUT2D eigenvalue weighted by Gasteiger charge is -2.38. The summed E-state index contributed by atoms with van der Waals surface area (Å²) in [7, 11) is -3.90. The third-order valence-corrected chi connectivity index (χ3v) is 6.73. The van der Waals surface area contributed by atoms with Crippen LogP contribution in [0.2, 0.25) is 0 Å². The largest absolute Gasteiger partial charge is 0.759 e. The van der Waals surface area contributed by atoms with Gasteiger partial charge in [-0.1, -0.05) is 0 Å². The van der Waals surface area contributed by atoms with Gasteiger partial charge in [0.2, 0.25) is 10.0 Å². The maximum atomic E-state index is 12.9. The van der Waals surface area contributed by atoms with E-state index < -0.39 is 39.0 Å². The number of nitrogens with zero attached hydrogens (tertiary/aromatic N) is 3. The normalized spacial score (nSPS) is 17.7. The fourth-order valence-corrected chi connectivity index (χ4v) is 5.20. The summed E-state index contributed by atoms with van der Waals surface area (Å²) in [6.07, 6.45) is 0.936. The van der Waals surface area contributed by atoms with Crippen molar-refractivity contribution < 1.29 is 26.7 Å². The Morgan fingerprint density at radius 1 is 1.45 bits per heavy atom. The topological polar surface area (TPSA) is 158 Å². The van der Waals surface area contributed by atoms with Crippen molar-refractivity contribution in [1.82, 2.24) is 19.1 Å². The molecule has 1 aliphatic heterocycles. The molecular weight excluding hydrogens is 490 g/mol. The summed E-state index contributed by atoms with van der Waals surface area (Å²) in [6.45, 7) is 5.09. The zero-order valence-electron chi connectivity index (χ0n) is 16.1. The first kappa shape index (κ1) is 24.0. The summed E-state index contributed by atoms with van der Waals surface area (Å²) >= 11 is 0.434. The van der Waals surface area contributed by atoms with E-state index in [1.54, 1.807) is 20.8 Å². The van der Waals surface area contributed by atoms with Crippen LogP contribution in [-0.4, -0.2) is 62.3 Å². The van der Waals surface area contributed by atoms with E-state index in [2.05, 4.69) is 20.9 Å². The number of carbonyl (C=O) groups is 1. The molecule has 0 aliphatic carbocycles. The van der Waals surface area contributed by atoms with Crippen molar-refractivity contribution in [3.05, 3.63) is 16.7 Å². The third-order valence-electron chi connectivity index (χ3n) is 4.02. The van der Waals surface area contributed by atoms with E-state index in [9.17, 15) is 22.0 Å².